The van der Waals surface area contributed by atoms with Crippen molar-refractivity contribution in [2.45, 2.75) is 13.5 Å². The molecule has 1 aromatic carbocycles. The minimum atomic E-state index is 0.263. The SMILES string of the molecule is C[C@H](CO)CN(C)Cc1ccccc1. The summed E-state index contributed by atoms with van der Waals surface area (Å²) in [5.41, 5.74) is 1.32. The van der Waals surface area contributed by atoms with E-state index < -0.39 is 0 Å². The monoisotopic (exact) mass is 193 g/mol. The van der Waals surface area contributed by atoms with Crippen molar-refractivity contribution >= 4 is 0 Å². The summed E-state index contributed by atoms with van der Waals surface area (Å²) < 4.78 is 0. The molecule has 0 amide bonds. The summed E-state index contributed by atoms with van der Waals surface area (Å²) in [5, 5.41) is 8.92. The predicted molar refractivity (Wildman–Crippen MR) is 59.0 cm³/mol. The van der Waals surface area contributed by atoms with E-state index >= 15 is 0 Å². The van der Waals surface area contributed by atoms with Crippen LogP contribution in [0.2, 0.25) is 0 Å². The van der Waals surface area contributed by atoms with Gasteiger partial charge in [0.05, 0.1) is 0 Å². The van der Waals surface area contributed by atoms with Gasteiger partial charge in [0.25, 0.3) is 0 Å². The van der Waals surface area contributed by atoms with Crippen molar-refractivity contribution in [3.63, 3.8) is 0 Å². The molecular weight excluding hydrogens is 174 g/mol. The Bertz CT molecular complexity index is 248. The Morgan fingerprint density at radius 2 is 1.93 bits per heavy atom. The zero-order valence-corrected chi connectivity index (χ0v) is 8.98. The van der Waals surface area contributed by atoms with Crippen molar-refractivity contribution < 1.29 is 5.11 Å². The topological polar surface area (TPSA) is 23.5 Å². The van der Waals surface area contributed by atoms with E-state index in [9.17, 15) is 0 Å². The Morgan fingerprint density at radius 3 is 2.50 bits per heavy atom. The summed E-state index contributed by atoms with van der Waals surface area (Å²) in [6.45, 7) is 4.21. The van der Waals surface area contributed by atoms with Crippen LogP contribution in [0, 0.1) is 5.92 Å². The van der Waals surface area contributed by atoms with Crippen LogP contribution in [0.1, 0.15) is 12.5 Å². The van der Waals surface area contributed by atoms with E-state index in [4.69, 9.17) is 5.11 Å². The van der Waals surface area contributed by atoms with E-state index in [2.05, 4.69) is 43.1 Å². The van der Waals surface area contributed by atoms with E-state index in [1.54, 1.807) is 0 Å². The van der Waals surface area contributed by atoms with Crippen LogP contribution in [0.15, 0.2) is 30.3 Å². The molecule has 0 aliphatic rings. The molecule has 1 rings (SSSR count). The molecular formula is C12H19NO. The molecule has 0 saturated carbocycles. The first-order valence-electron chi connectivity index (χ1n) is 5.05. The van der Waals surface area contributed by atoms with Gasteiger partial charge in [-0.1, -0.05) is 37.3 Å². The van der Waals surface area contributed by atoms with Crippen LogP contribution in [0.3, 0.4) is 0 Å². The zero-order chi connectivity index (χ0) is 10.4. The van der Waals surface area contributed by atoms with Crippen LogP contribution in [0.5, 0.6) is 0 Å². The number of hydrogen-bond acceptors (Lipinski definition) is 2. The lowest BCUT2D eigenvalue weighted by Gasteiger charge is -2.19. The molecule has 1 N–H and O–H groups in total. The molecule has 14 heavy (non-hydrogen) atoms. The number of aliphatic hydroxyl groups excluding tert-OH is 1. The van der Waals surface area contributed by atoms with Gasteiger partial charge in [0.1, 0.15) is 0 Å². The highest BCUT2D eigenvalue weighted by atomic mass is 16.3. The molecule has 0 aliphatic carbocycles. The van der Waals surface area contributed by atoms with E-state index in [0.717, 1.165) is 13.1 Å². The van der Waals surface area contributed by atoms with Crippen LogP contribution in [-0.2, 0) is 6.54 Å². The van der Waals surface area contributed by atoms with Crippen molar-refractivity contribution in [2.24, 2.45) is 5.92 Å². The number of benzene rings is 1. The zero-order valence-electron chi connectivity index (χ0n) is 8.98. The van der Waals surface area contributed by atoms with Gasteiger partial charge in [0.2, 0.25) is 0 Å². The highest BCUT2D eigenvalue weighted by molar-refractivity contribution is 5.14. The number of nitrogens with zero attached hydrogens (tertiary/aromatic N) is 1. The fourth-order valence-electron chi connectivity index (χ4n) is 1.55. The quantitative estimate of drug-likeness (QED) is 0.770. The lowest BCUT2D eigenvalue weighted by Crippen LogP contribution is -2.25. The summed E-state index contributed by atoms with van der Waals surface area (Å²) in [7, 11) is 2.08. The van der Waals surface area contributed by atoms with Crippen LogP contribution in [0.4, 0.5) is 0 Å². The molecule has 1 aromatic rings. The van der Waals surface area contributed by atoms with Crippen LogP contribution in [0.25, 0.3) is 0 Å². The van der Waals surface area contributed by atoms with Crippen molar-refractivity contribution in [3.05, 3.63) is 35.9 Å². The first-order valence-corrected chi connectivity index (χ1v) is 5.05. The largest absolute Gasteiger partial charge is 0.396 e. The number of hydrogen-bond donors (Lipinski definition) is 1. The Labute approximate surface area is 86.2 Å². The van der Waals surface area contributed by atoms with Crippen molar-refractivity contribution in [3.8, 4) is 0 Å². The highest BCUT2D eigenvalue weighted by Crippen LogP contribution is 2.04. The second-order valence-electron chi connectivity index (χ2n) is 3.97. The number of aliphatic hydroxyl groups is 1. The van der Waals surface area contributed by atoms with Gasteiger partial charge in [0, 0.05) is 19.7 Å². The maximum Gasteiger partial charge on any atom is 0.0468 e. The molecule has 0 aliphatic heterocycles. The first kappa shape index (κ1) is 11.2. The van der Waals surface area contributed by atoms with Gasteiger partial charge in [-0.3, -0.25) is 0 Å². The van der Waals surface area contributed by atoms with Crippen LogP contribution in [-0.4, -0.2) is 30.2 Å². The van der Waals surface area contributed by atoms with Crippen LogP contribution >= 0.6 is 0 Å². The molecule has 0 saturated heterocycles. The Morgan fingerprint density at radius 1 is 1.29 bits per heavy atom. The lowest BCUT2D eigenvalue weighted by atomic mass is 10.1. The second kappa shape index (κ2) is 5.78. The Kier molecular flexibility index (Phi) is 4.63. The molecule has 0 spiro atoms. The summed E-state index contributed by atoms with van der Waals surface area (Å²) in [6, 6.07) is 10.4. The van der Waals surface area contributed by atoms with Gasteiger partial charge in [-0.15, -0.1) is 0 Å². The van der Waals surface area contributed by atoms with E-state index in [-0.39, 0.29) is 6.61 Å². The predicted octanol–water partition coefficient (Wildman–Crippen LogP) is 1.75. The van der Waals surface area contributed by atoms with E-state index in [0.29, 0.717) is 5.92 Å². The molecule has 1 atom stereocenters. The Balaban J connectivity index is 2.37. The van der Waals surface area contributed by atoms with E-state index in [1.165, 1.54) is 5.56 Å². The van der Waals surface area contributed by atoms with Crippen molar-refractivity contribution in [2.75, 3.05) is 20.2 Å². The molecule has 78 valence electrons. The van der Waals surface area contributed by atoms with Gasteiger partial charge in [0.15, 0.2) is 0 Å². The van der Waals surface area contributed by atoms with Gasteiger partial charge in [-0.2, -0.15) is 0 Å². The van der Waals surface area contributed by atoms with Gasteiger partial charge in [-0.25, -0.2) is 0 Å². The van der Waals surface area contributed by atoms with Crippen LogP contribution < -0.4 is 0 Å². The molecule has 0 aromatic heterocycles. The summed E-state index contributed by atoms with van der Waals surface area (Å²) >= 11 is 0. The second-order valence-corrected chi connectivity index (χ2v) is 3.97. The third kappa shape index (κ3) is 3.90. The maximum atomic E-state index is 8.92. The third-order valence-corrected chi connectivity index (χ3v) is 2.23. The van der Waals surface area contributed by atoms with E-state index in [1.807, 2.05) is 6.07 Å². The average molecular weight is 193 g/mol. The van der Waals surface area contributed by atoms with Gasteiger partial charge >= 0.3 is 0 Å². The maximum absolute atomic E-state index is 8.92. The third-order valence-electron chi connectivity index (χ3n) is 2.23. The first-order chi connectivity index (χ1) is 6.72. The highest BCUT2D eigenvalue weighted by Gasteiger charge is 2.05. The standard InChI is InChI=1S/C12H19NO/c1-11(10-14)8-13(2)9-12-6-4-3-5-7-12/h3-7,11,14H,8-10H2,1-2H3/t11-/m0/s1. The summed E-state index contributed by atoms with van der Waals surface area (Å²) in [5.74, 6) is 0.351. The molecule has 0 heterocycles. The average Bonchev–Trinajstić information content (AvgIpc) is 2.19. The molecule has 0 radical (unpaired) electrons. The number of rotatable bonds is 5. The molecule has 2 nitrogen and oxygen atoms in total. The minimum Gasteiger partial charge on any atom is -0.396 e. The fraction of sp³-hybridized carbons (Fsp3) is 0.500. The smallest absolute Gasteiger partial charge is 0.0468 e. The molecule has 2 heteroatoms. The molecule has 0 bridgehead atoms. The normalized spacial score (nSPS) is 13.1. The Hall–Kier alpha value is -0.860. The van der Waals surface area contributed by atoms with Gasteiger partial charge < -0.3 is 10.0 Å². The molecule has 0 fully saturated rings. The lowest BCUT2D eigenvalue weighted by molar-refractivity contribution is 0.188. The minimum absolute atomic E-state index is 0.263. The van der Waals surface area contributed by atoms with Gasteiger partial charge in [-0.05, 0) is 18.5 Å². The summed E-state index contributed by atoms with van der Waals surface area (Å²) in [6.07, 6.45) is 0. The summed E-state index contributed by atoms with van der Waals surface area (Å²) in [4.78, 5) is 2.23. The molecule has 0 unspecified atom stereocenters. The fourth-order valence-corrected chi connectivity index (χ4v) is 1.55. The van der Waals surface area contributed by atoms with Crippen molar-refractivity contribution in [1.82, 2.24) is 4.90 Å². The van der Waals surface area contributed by atoms with Crippen molar-refractivity contribution in [1.29, 1.82) is 0 Å².